The van der Waals surface area contributed by atoms with E-state index in [1.807, 2.05) is 13.0 Å². The van der Waals surface area contributed by atoms with Crippen molar-refractivity contribution >= 4 is 22.6 Å². The van der Waals surface area contributed by atoms with Crippen LogP contribution < -0.4 is 4.74 Å². The number of phenols is 1. The molecule has 8 heteroatoms. The van der Waals surface area contributed by atoms with Crippen LogP contribution in [0.5, 0.6) is 11.5 Å². The molecule has 5 rings (SSSR count). The van der Waals surface area contributed by atoms with Crippen LogP contribution in [0.1, 0.15) is 224 Å². The van der Waals surface area contributed by atoms with Crippen LogP contribution in [0.3, 0.4) is 0 Å². The lowest BCUT2D eigenvalue weighted by Gasteiger charge is -2.43. The Morgan fingerprint density at radius 3 is 1.26 bits per heavy atom. The minimum atomic E-state index is -1.87. The van der Waals surface area contributed by atoms with Crippen molar-refractivity contribution in [3.8, 4) is 11.5 Å². The highest BCUT2D eigenvalue weighted by molar-refractivity contribution is 6.74. The molecule has 0 aromatic heterocycles. The second-order valence-electron chi connectivity index (χ2n) is 28.7. The first-order valence-corrected chi connectivity index (χ1v) is 36.0. The molecule has 6 nitrogen and oxygen atoms in total. The zero-order valence-corrected chi connectivity index (χ0v) is 56.1. The lowest BCUT2D eigenvalue weighted by atomic mass is 9.69. The molecule has 0 amide bonds. The Kier molecular flexibility index (Phi) is 22.7. The summed E-state index contributed by atoms with van der Waals surface area (Å²) >= 11 is 0. The summed E-state index contributed by atoms with van der Waals surface area (Å²) in [6, 6.07) is 27.0. The highest BCUT2D eigenvalue weighted by Gasteiger charge is 2.43. The first-order chi connectivity index (χ1) is 35.9. The van der Waals surface area contributed by atoms with Crippen molar-refractivity contribution in [1.29, 1.82) is 0 Å². The Balaban J connectivity index is 0.000000344. The van der Waals surface area contributed by atoms with Gasteiger partial charge < -0.3 is 23.4 Å². The second kappa shape index (κ2) is 26.5. The van der Waals surface area contributed by atoms with Gasteiger partial charge in [0.2, 0.25) is 0 Å². The quantitative estimate of drug-likeness (QED) is 0.0662. The fourth-order valence-corrected chi connectivity index (χ4v) is 14.2. The predicted octanol–water partition coefficient (Wildman–Crippen LogP) is 19.7. The molecule has 1 fully saturated rings. The summed E-state index contributed by atoms with van der Waals surface area (Å²) in [7, 11) is -3.70. The molecule has 1 heterocycles. The van der Waals surface area contributed by atoms with Crippen LogP contribution in [0.15, 0.2) is 72.8 Å². The van der Waals surface area contributed by atoms with E-state index in [-0.39, 0.29) is 56.0 Å². The molecule has 1 N–H and O–H groups in total. The second-order valence-corrected chi connectivity index (χ2v) is 38.2. The first kappa shape index (κ1) is 66.8. The molecule has 4 aromatic rings. The highest BCUT2D eigenvalue weighted by atomic mass is 28.4. The summed E-state index contributed by atoms with van der Waals surface area (Å²) in [5.74, 6) is 1.12. The van der Waals surface area contributed by atoms with Crippen LogP contribution >= 0.6 is 0 Å². The molecule has 78 heavy (non-hydrogen) atoms. The van der Waals surface area contributed by atoms with Gasteiger partial charge in [0.25, 0.3) is 0 Å². The molecule has 4 aromatic carbocycles. The molecule has 0 saturated carbocycles. The van der Waals surface area contributed by atoms with Crippen molar-refractivity contribution in [2.75, 3.05) is 6.61 Å². The molecule has 2 unspecified atom stereocenters. The molecular weight excluding hydrogens is 993 g/mol. The van der Waals surface area contributed by atoms with Crippen LogP contribution in [-0.4, -0.2) is 52.6 Å². The molecule has 0 bridgehead atoms. The Bertz CT molecular complexity index is 2570. The standard InChI is InChI=1S/C38H60O4Si.C32H52O2Si/c1-13-38(14-2,31-21-22-33(28(4)25-31)40-26-32-16-15-17-35(39)41-32)30-20-18-29(27(3)24-30)19-23-34(36(5,6)7)42-43(11,12)37(8,9)10;1-13-32(14-2,27-18-19-28(33)24(4)22-27)26-17-15-25(23(3)21-26)16-20-29(30(5,6)7)34-35(11,12)31(8,9)10/h18,20-22,24-25,32,34H,13-17,19,23,26H2,1-12H3;15,17-19,21-22,29,33H,13-14,16,20H2,1-12H3/t32-,34?;/m1./s1. The SMILES string of the molecule is CCC(CC)(c1ccc(CCC(O[Si](C)(C)C(C)(C)C)C(C)(C)C)c(C)c1)c1ccc(OC[C@H]2CCCC(=O)O2)c(C)c1.CCC(CC)(c1ccc(O)c(C)c1)c1ccc(CCC(O[Si](C)(C)C(C)(C)C)C(C)(C)C)c(C)c1. The number of ether oxygens (including phenoxy) is 2. The average Bonchev–Trinajstić information content (AvgIpc) is 3.33. The van der Waals surface area contributed by atoms with Gasteiger partial charge in [-0.25, -0.2) is 0 Å². The third kappa shape index (κ3) is 16.5. The van der Waals surface area contributed by atoms with E-state index in [2.05, 4.69) is 224 Å². The summed E-state index contributed by atoms with van der Waals surface area (Å²) in [4.78, 5) is 11.7. The number of benzene rings is 4. The fraction of sp³-hybridized carbons (Fsp3) is 0.643. The maximum absolute atomic E-state index is 11.7. The van der Waals surface area contributed by atoms with Crippen molar-refractivity contribution in [1.82, 2.24) is 0 Å². The van der Waals surface area contributed by atoms with Gasteiger partial charge in [-0.3, -0.25) is 4.79 Å². The number of esters is 1. The van der Waals surface area contributed by atoms with Crippen molar-refractivity contribution in [2.24, 2.45) is 10.8 Å². The Labute approximate surface area is 480 Å². The van der Waals surface area contributed by atoms with E-state index in [1.54, 1.807) is 0 Å². The van der Waals surface area contributed by atoms with E-state index in [4.69, 9.17) is 18.3 Å². The summed E-state index contributed by atoms with van der Waals surface area (Å²) in [5.41, 5.74) is 13.1. The van der Waals surface area contributed by atoms with Gasteiger partial charge in [0.1, 0.15) is 24.2 Å². The molecule has 1 aliphatic heterocycles. The monoisotopic (exact) mass is 1100 g/mol. The van der Waals surface area contributed by atoms with Gasteiger partial charge in [-0.15, -0.1) is 0 Å². The Morgan fingerprint density at radius 2 is 0.923 bits per heavy atom. The van der Waals surface area contributed by atoms with E-state index < -0.39 is 16.6 Å². The van der Waals surface area contributed by atoms with E-state index in [0.717, 1.165) is 81.1 Å². The van der Waals surface area contributed by atoms with Gasteiger partial charge in [-0.2, -0.15) is 0 Å². The topological polar surface area (TPSA) is 74.2 Å². The third-order valence-electron chi connectivity index (χ3n) is 19.1. The number of cyclic esters (lactones) is 1. The molecule has 0 radical (unpaired) electrons. The Morgan fingerprint density at radius 1 is 0.551 bits per heavy atom. The van der Waals surface area contributed by atoms with Crippen molar-refractivity contribution in [2.45, 2.75) is 275 Å². The molecule has 436 valence electrons. The van der Waals surface area contributed by atoms with Gasteiger partial charge in [-0.1, -0.05) is 171 Å². The number of phenolic OH excluding ortho intramolecular Hbond substituents is 1. The largest absolute Gasteiger partial charge is 0.508 e. The molecule has 0 aliphatic carbocycles. The summed E-state index contributed by atoms with van der Waals surface area (Å²) in [6.07, 6.45) is 10.8. The van der Waals surface area contributed by atoms with E-state index in [9.17, 15) is 9.90 Å². The molecule has 1 aliphatic rings. The number of carbonyl (C=O) groups is 1. The highest BCUT2D eigenvalue weighted by Crippen LogP contribution is 2.45. The summed E-state index contributed by atoms with van der Waals surface area (Å²) < 4.78 is 25.5. The van der Waals surface area contributed by atoms with Gasteiger partial charge in [0, 0.05) is 17.3 Å². The maximum Gasteiger partial charge on any atom is 0.306 e. The average molecular weight is 1110 g/mol. The maximum atomic E-state index is 11.7. The number of aryl methyl sites for hydroxylation is 6. The number of hydrogen-bond acceptors (Lipinski definition) is 6. The zero-order valence-electron chi connectivity index (χ0n) is 54.1. The normalized spacial score (nSPS) is 16.1. The van der Waals surface area contributed by atoms with Crippen molar-refractivity contribution < 1.29 is 28.2 Å². The minimum Gasteiger partial charge on any atom is -0.508 e. The third-order valence-corrected chi connectivity index (χ3v) is 28.1. The molecule has 1 saturated heterocycles. The number of rotatable bonds is 21. The number of aromatic hydroxyl groups is 1. The number of carbonyl (C=O) groups excluding carboxylic acids is 1. The van der Waals surface area contributed by atoms with Crippen molar-refractivity contribution in [3.05, 3.63) is 128 Å². The summed E-state index contributed by atoms with van der Waals surface area (Å²) in [5, 5.41) is 10.5. The zero-order chi connectivity index (χ0) is 59.0. The summed E-state index contributed by atoms with van der Waals surface area (Å²) in [6.45, 7) is 55.6. The van der Waals surface area contributed by atoms with Crippen LogP contribution in [-0.2, 0) is 42.1 Å². The van der Waals surface area contributed by atoms with Crippen LogP contribution in [0.25, 0.3) is 0 Å². The molecule has 0 spiro atoms. The van der Waals surface area contributed by atoms with Crippen LogP contribution in [0.4, 0.5) is 0 Å². The van der Waals surface area contributed by atoms with Gasteiger partial charge in [0.05, 0.1) is 12.2 Å². The van der Waals surface area contributed by atoms with Crippen LogP contribution in [0, 0.1) is 38.5 Å². The minimum absolute atomic E-state index is 0.0405. The van der Waals surface area contributed by atoms with Gasteiger partial charge >= 0.3 is 5.97 Å². The Hall–Kier alpha value is -3.70. The number of hydrogen-bond donors (Lipinski definition) is 1. The predicted molar refractivity (Wildman–Crippen MR) is 338 cm³/mol. The van der Waals surface area contributed by atoms with E-state index >= 15 is 0 Å². The fourth-order valence-electron chi connectivity index (χ4n) is 11.1. The van der Waals surface area contributed by atoms with E-state index in [1.165, 1.54) is 44.5 Å². The molecule has 3 atom stereocenters. The first-order valence-electron chi connectivity index (χ1n) is 30.2. The van der Waals surface area contributed by atoms with Crippen molar-refractivity contribution in [3.63, 3.8) is 0 Å². The van der Waals surface area contributed by atoms with E-state index in [0.29, 0.717) is 18.8 Å². The smallest absolute Gasteiger partial charge is 0.306 e. The van der Waals surface area contributed by atoms with Gasteiger partial charge in [0.15, 0.2) is 16.6 Å². The van der Waals surface area contributed by atoms with Gasteiger partial charge in [-0.05, 0) is 207 Å². The lowest BCUT2D eigenvalue weighted by Crippen LogP contribution is -2.47. The van der Waals surface area contributed by atoms with Crippen LogP contribution in [0.2, 0.25) is 36.3 Å². The lowest BCUT2D eigenvalue weighted by molar-refractivity contribution is -0.155. The molecular formula is C70H112O6Si2.